The summed E-state index contributed by atoms with van der Waals surface area (Å²) in [5.74, 6) is 0.487. The highest BCUT2D eigenvalue weighted by Gasteiger charge is 2.30. The molecule has 1 nitrogen and oxygen atoms in total. The number of rotatable bonds is 1. The second kappa shape index (κ2) is 4.58. The highest BCUT2D eigenvalue weighted by molar-refractivity contribution is 5.41. The largest absolute Gasteiger partial charge is 0.298 e. The Morgan fingerprint density at radius 1 is 0.944 bits per heavy atom. The Bertz CT molecular complexity index is 532. The zero-order valence-electron chi connectivity index (χ0n) is 11.0. The van der Waals surface area contributed by atoms with Crippen LogP contribution < -0.4 is 0 Å². The van der Waals surface area contributed by atoms with Crippen molar-refractivity contribution >= 4 is 0 Å². The Labute approximate surface area is 109 Å². The Balaban J connectivity index is 2.12. The van der Waals surface area contributed by atoms with Crippen LogP contribution in [0, 0.1) is 0 Å². The minimum atomic E-state index is 0.487. The van der Waals surface area contributed by atoms with Crippen molar-refractivity contribution in [1.82, 2.24) is 4.90 Å². The maximum absolute atomic E-state index is 2.44. The molecule has 2 atom stereocenters. The lowest BCUT2D eigenvalue weighted by Gasteiger charge is -2.39. The fourth-order valence-electron chi connectivity index (χ4n) is 3.03. The molecule has 3 rings (SSSR count). The number of hydrogen-bond donors (Lipinski definition) is 0. The van der Waals surface area contributed by atoms with E-state index in [4.69, 9.17) is 0 Å². The van der Waals surface area contributed by atoms with Crippen LogP contribution in [0.5, 0.6) is 0 Å². The molecule has 0 unspecified atom stereocenters. The third-order valence-corrected chi connectivity index (χ3v) is 4.15. The van der Waals surface area contributed by atoms with Crippen LogP contribution >= 0.6 is 0 Å². The summed E-state index contributed by atoms with van der Waals surface area (Å²) in [5.41, 5.74) is 4.38. The van der Waals surface area contributed by atoms with Crippen LogP contribution in [0.25, 0.3) is 0 Å². The smallest absolute Gasteiger partial charge is 0.0246 e. The Morgan fingerprint density at radius 2 is 1.61 bits per heavy atom. The first-order chi connectivity index (χ1) is 8.77. The summed E-state index contributed by atoms with van der Waals surface area (Å²) < 4.78 is 0. The number of hydrogen-bond acceptors (Lipinski definition) is 1. The van der Waals surface area contributed by atoms with Gasteiger partial charge in [0.05, 0.1) is 0 Å². The fourth-order valence-corrected chi connectivity index (χ4v) is 3.03. The van der Waals surface area contributed by atoms with Crippen molar-refractivity contribution in [2.75, 3.05) is 7.05 Å². The van der Waals surface area contributed by atoms with Crippen LogP contribution in [0.15, 0.2) is 54.6 Å². The van der Waals surface area contributed by atoms with Gasteiger partial charge in [-0.1, -0.05) is 54.6 Å². The minimum Gasteiger partial charge on any atom is -0.298 e. The van der Waals surface area contributed by atoms with Crippen molar-refractivity contribution < 1.29 is 0 Å². The van der Waals surface area contributed by atoms with E-state index in [0.29, 0.717) is 12.0 Å². The molecule has 0 saturated heterocycles. The molecular formula is C17H19N. The highest BCUT2D eigenvalue weighted by Crippen LogP contribution is 2.36. The van der Waals surface area contributed by atoms with Crippen molar-refractivity contribution in [3.63, 3.8) is 0 Å². The Hall–Kier alpha value is -1.60. The molecule has 1 aliphatic heterocycles. The molecule has 0 fully saturated rings. The number of likely N-dealkylation sites (N-methyl/N-ethyl adjacent to an activating group) is 1. The lowest BCUT2D eigenvalue weighted by Crippen LogP contribution is -2.39. The van der Waals surface area contributed by atoms with Gasteiger partial charge >= 0.3 is 0 Å². The van der Waals surface area contributed by atoms with E-state index in [-0.39, 0.29) is 0 Å². The van der Waals surface area contributed by atoms with Crippen molar-refractivity contribution in [1.29, 1.82) is 0 Å². The molecule has 1 heterocycles. The van der Waals surface area contributed by atoms with Gasteiger partial charge in [0.25, 0.3) is 0 Å². The van der Waals surface area contributed by atoms with E-state index < -0.39 is 0 Å². The molecule has 0 N–H and O–H groups in total. The molecule has 0 bridgehead atoms. The standard InChI is InChI=1S/C17H19N/c1-13-17(14-8-4-3-5-9-14)16-11-7-6-10-15(16)12-18(13)2/h3-11,13,17H,12H2,1-2H3/t13-,17+/m0/s1. The number of fused-ring (bicyclic) bond motifs is 1. The Kier molecular flexibility index (Phi) is 2.92. The molecule has 2 aromatic carbocycles. The minimum absolute atomic E-state index is 0.487. The zero-order chi connectivity index (χ0) is 12.5. The summed E-state index contributed by atoms with van der Waals surface area (Å²) in [5, 5.41) is 0. The summed E-state index contributed by atoms with van der Waals surface area (Å²) in [6, 6.07) is 20.3. The zero-order valence-corrected chi connectivity index (χ0v) is 11.0. The van der Waals surface area contributed by atoms with Crippen LogP contribution in [0.1, 0.15) is 29.5 Å². The summed E-state index contributed by atoms with van der Waals surface area (Å²) >= 11 is 0. The first-order valence-corrected chi connectivity index (χ1v) is 6.60. The third-order valence-electron chi connectivity index (χ3n) is 4.15. The monoisotopic (exact) mass is 237 g/mol. The van der Waals surface area contributed by atoms with E-state index in [0.717, 1.165) is 6.54 Å². The van der Waals surface area contributed by atoms with Gasteiger partial charge in [-0.15, -0.1) is 0 Å². The molecule has 2 aromatic rings. The topological polar surface area (TPSA) is 3.24 Å². The summed E-state index contributed by atoms with van der Waals surface area (Å²) in [4.78, 5) is 2.44. The van der Waals surface area contributed by atoms with E-state index in [1.165, 1.54) is 16.7 Å². The Morgan fingerprint density at radius 3 is 2.39 bits per heavy atom. The quantitative estimate of drug-likeness (QED) is 0.731. The second-order valence-electron chi connectivity index (χ2n) is 5.24. The van der Waals surface area contributed by atoms with Crippen molar-refractivity contribution in [3.05, 3.63) is 71.3 Å². The van der Waals surface area contributed by atoms with Gasteiger partial charge in [0.15, 0.2) is 0 Å². The third kappa shape index (κ3) is 1.85. The van der Waals surface area contributed by atoms with E-state index in [1.54, 1.807) is 0 Å². The molecule has 1 heteroatoms. The molecule has 92 valence electrons. The van der Waals surface area contributed by atoms with E-state index in [9.17, 15) is 0 Å². The van der Waals surface area contributed by atoms with E-state index >= 15 is 0 Å². The van der Waals surface area contributed by atoms with Crippen LogP contribution in [-0.2, 0) is 6.54 Å². The SMILES string of the molecule is C[C@H]1[C@H](c2ccccc2)c2ccccc2CN1C. The van der Waals surface area contributed by atoms with Crippen LogP contribution in [0.2, 0.25) is 0 Å². The van der Waals surface area contributed by atoms with Gasteiger partial charge in [-0.2, -0.15) is 0 Å². The average molecular weight is 237 g/mol. The maximum Gasteiger partial charge on any atom is 0.0246 e. The fraction of sp³-hybridized carbons (Fsp3) is 0.294. The summed E-state index contributed by atoms with van der Waals surface area (Å²) in [6.45, 7) is 3.38. The van der Waals surface area contributed by atoms with Gasteiger partial charge in [-0.05, 0) is 30.7 Å². The molecule has 0 spiro atoms. The number of nitrogens with zero attached hydrogens (tertiary/aromatic N) is 1. The first kappa shape index (κ1) is 11.5. The molecular weight excluding hydrogens is 218 g/mol. The molecule has 0 aromatic heterocycles. The van der Waals surface area contributed by atoms with E-state index in [2.05, 4.69) is 73.5 Å². The second-order valence-corrected chi connectivity index (χ2v) is 5.24. The lowest BCUT2D eigenvalue weighted by molar-refractivity contribution is 0.212. The van der Waals surface area contributed by atoms with Crippen molar-refractivity contribution in [2.24, 2.45) is 0 Å². The molecule has 0 amide bonds. The first-order valence-electron chi connectivity index (χ1n) is 6.60. The molecule has 18 heavy (non-hydrogen) atoms. The van der Waals surface area contributed by atoms with Gasteiger partial charge in [0, 0.05) is 18.5 Å². The van der Waals surface area contributed by atoms with Crippen LogP contribution in [0.4, 0.5) is 0 Å². The average Bonchev–Trinajstić information content (AvgIpc) is 2.41. The van der Waals surface area contributed by atoms with Gasteiger partial charge in [0.2, 0.25) is 0 Å². The van der Waals surface area contributed by atoms with Crippen molar-refractivity contribution in [3.8, 4) is 0 Å². The highest BCUT2D eigenvalue weighted by atomic mass is 15.1. The normalized spacial score (nSPS) is 23.7. The lowest BCUT2D eigenvalue weighted by atomic mass is 9.80. The van der Waals surface area contributed by atoms with Crippen LogP contribution in [-0.4, -0.2) is 18.0 Å². The van der Waals surface area contributed by atoms with Gasteiger partial charge in [-0.3, -0.25) is 4.90 Å². The summed E-state index contributed by atoms with van der Waals surface area (Å²) in [7, 11) is 2.22. The number of benzene rings is 2. The summed E-state index contributed by atoms with van der Waals surface area (Å²) in [6.07, 6.45) is 0. The van der Waals surface area contributed by atoms with Gasteiger partial charge in [-0.25, -0.2) is 0 Å². The predicted molar refractivity (Wildman–Crippen MR) is 75.7 cm³/mol. The van der Waals surface area contributed by atoms with Gasteiger partial charge in [0.1, 0.15) is 0 Å². The maximum atomic E-state index is 2.44. The molecule has 0 radical (unpaired) electrons. The molecule has 0 aliphatic carbocycles. The molecule has 0 saturated carbocycles. The van der Waals surface area contributed by atoms with E-state index in [1.807, 2.05) is 0 Å². The van der Waals surface area contributed by atoms with Gasteiger partial charge < -0.3 is 0 Å². The van der Waals surface area contributed by atoms with Crippen molar-refractivity contribution in [2.45, 2.75) is 25.4 Å². The predicted octanol–water partition coefficient (Wildman–Crippen LogP) is 3.65. The molecule has 1 aliphatic rings. The van der Waals surface area contributed by atoms with Crippen LogP contribution in [0.3, 0.4) is 0 Å².